The second-order valence-corrected chi connectivity index (χ2v) is 7.71. The van der Waals surface area contributed by atoms with E-state index in [0.717, 1.165) is 34.1 Å². The van der Waals surface area contributed by atoms with E-state index >= 15 is 0 Å². The van der Waals surface area contributed by atoms with Crippen molar-refractivity contribution in [2.24, 2.45) is 0 Å². The SMILES string of the molecule is Cc1[nH]ncc1-c1nnc(NC(=O)N2Cc3ccccc3N(C)C[C@@H]2C)s1. The predicted molar refractivity (Wildman–Crippen MR) is 106 cm³/mol. The Bertz CT molecular complexity index is 966. The summed E-state index contributed by atoms with van der Waals surface area (Å²) in [5, 5.41) is 19.3. The number of hydrogen-bond acceptors (Lipinski definition) is 6. The number of benzene rings is 1. The minimum Gasteiger partial charge on any atom is -0.372 e. The lowest BCUT2D eigenvalue weighted by atomic mass is 10.1. The number of aryl methyl sites for hydroxylation is 1. The van der Waals surface area contributed by atoms with Crippen molar-refractivity contribution in [3.05, 3.63) is 41.7 Å². The fourth-order valence-electron chi connectivity index (χ4n) is 3.33. The molecule has 8 nitrogen and oxygen atoms in total. The Morgan fingerprint density at radius 3 is 2.93 bits per heavy atom. The van der Waals surface area contributed by atoms with Crippen molar-refractivity contribution in [1.29, 1.82) is 0 Å². The summed E-state index contributed by atoms with van der Waals surface area (Å²) in [6.07, 6.45) is 1.71. The van der Waals surface area contributed by atoms with E-state index in [4.69, 9.17) is 0 Å². The van der Waals surface area contributed by atoms with Gasteiger partial charge in [0.25, 0.3) is 0 Å². The Morgan fingerprint density at radius 2 is 2.15 bits per heavy atom. The number of anilines is 2. The number of likely N-dealkylation sites (N-methyl/N-ethyl adjacent to an activating group) is 1. The lowest BCUT2D eigenvalue weighted by Gasteiger charge is -2.28. The van der Waals surface area contributed by atoms with Crippen molar-refractivity contribution in [2.75, 3.05) is 23.8 Å². The Labute approximate surface area is 161 Å². The first kappa shape index (κ1) is 17.5. The quantitative estimate of drug-likeness (QED) is 0.710. The number of amides is 2. The molecule has 1 aliphatic rings. The van der Waals surface area contributed by atoms with Crippen molar-refractivity contribution in [3.63, 3.8) is 0 Å². The zero-order chi connectivity index (χ0) is 19.0. The Morgan fingerprint density at radius 1 is 1.33 bits per heavy atom. The van der Waals surface area contributed by atoms with Gasteiger partial charge in [-0.1, -0.05) is 29.5 Å². The molecule has 140 valence electrons. The first-order chi connectivity index (χ1) is 13.0. The highest BCUT2D eigenvalue weighted by atomic mass is 32.1. The van der Waals surface area contributed by atoms with Crippen molar-refractivity contribution >= 4 is 28.2 Å². The summed E-state index contributed by atoms with van der Waals surface area (Å²) >= 11 is 1.34. The molecule has 0 bridgehead atoms. The first-order valence-electron chi connectivity index (χ1n) is 8.73. The van der Waals surface area contributed by atoms with Crippen LogP contribution < -0.4 is 10.2 Å². The summed E-state index contributed by atoms with van der Waals surface area (Å²) in [5.74, 6) is 0. The molecule has 2 N–H and O–H groups in total. The molecule has 1 aliphatic heterocycles. The number of fused-ring (bicyclic) bond motifs is 1. The topological polar surface area (TPSA) is 90.0 Å². The summed E-state index contributed by atoms with van der Waals surface area (Å²) in [5.41, 5.74) is 4.11. The molecule has 1 aromatic carbocycles. The lowest BCUT2D eigenvalue weighted by molar-refractivity contribution is 0.192. The van der Waals surface area contributed by atoms with Crippen molar-refractivity contribution in [2.45, 2.75) is 26.4 Å². The van der Waals surface area contributed by atoms with Gasteiger partial charge in [-0.05, 0) is 25.5 Å². The summed E-state index contributed by atoms with van der Waals surface area (Å²) < 4.78 is 0. The number of nitrogens with one attached hydrogen (secondary N) is 2. The maximum Gasteiger partial charge on any atom is 0.324 e. The largest absolute Gasteiger partial charge is 0.372 e. The van der Waals surface area contributed by atoms with Gasteiger partial charge in [-0.25, -0.2) is 4.79 Å². The van der Waals surface area contributed by atoms with Crippen molar-refractivity contribution < 1.29 is 4.79 Å². The first-order valence-corrected chi connectivity index (χ1v) is 9.55. The van der Waals surface area contributed by atoms with Crippen molar-refractivity contribution in [3.8, 4) is 10.6 Å². The second kappa shape index (κ2) is 6.99. The van der Waals surface area contributed by atoms with E-state index in [1.165, 1.54) is 11.3 Å². The number of hydrogen-bond donors (Lipinski definition) is 2. The molecule has 0 spiro atoms. The Balaban J connectivity index is 1.53. The molecule has 2 aromatic heterocycles. The van der Waals surface area contributed by atoms with E-state index in [9.17, 15) is 4.79 Å². The zero-order valence-corrected chi connectivity index (χ0v) is 16.2. The number of aromatic nitrogens is 4. The molecule has 1 atom stereocenters. The molecule has 0 aliphatic carbocycles. The molecule has 2 amide bonds. The van der Waals surface area contributed by atoms with Crippen LogP contribution in [0.2, 0.25) is 0 Å². The molecular formula is C18H21N7OS. The van der Waals surface area contributed by atoms with Crippen LogP contribution in [-0.4, -0.2) is 51.0 Å². The second-order valence-electron chi connectivity index (χ2n) is 6.74. The standard InChI is InChI=1S/C18H21N7OS/c1-11-9-24(3)15-7-5-4-6-13(15)10-25(11)18(26)20-17-23-22-16(27-17)14-8-19-21-12(14)2/h4-8,11H,9-10H2,1-3H3,(H,19,21)(H,20,23,26)/t11-/m0/s1. The number of H-pyrrole nitrogens is 1. The molecule has 3 aromatic rings. The van der Waals surface area contributed by atoms with E-state index in [1.54, 1.807) is 6.20 Å². The normalized spacial score (nSPS) is 16.8. The van der Waals surface area contributed by atoms with Crippen LogP contribution in [0.5, 0.6) is 0 Å². The molecule has 3 heterocycles. The Hall–Kier alpha value is -2.94. The van der Waals surface area contributed by atoms with Crippen LogP contribution >= 0.6 is 11.3 Å². The van der Waals surface area contributed by atoms with E-state index in [1.807, 2.05) is 24.0 Å². The average Bonchev–Trinajstić information content (AvgIpc) is 3.25. The molecule has 0 saturated heterocycles. The predicted octanol–water partition coefficient (Wildman–Crippen LogP) is 3.11. The van der Waals surface area contributed by atoms with Gasteiger partial charge in [-0.15, -0.1) is 10.2 Å². The maximum absolute atomic E-state index is 12.9. The summed E-state index contributed by atoms with van der Waals surface area (Å²) in [6.45, 7) is 5.30. The lowest BCUT2D eigenvalue weighted by Crippen LogP contribution is -2.44. The van der Waals surface area contributed by atoms with Crippen LogP contribution in [0, 0.1) is 6.92 Å². The smallest absolute Gasteiger partial charge is 0.324 e. The minimum atomic E-state index is -0.167. The van der Waals surface area contributed by atoms with E-state index < -0.39 is 0 Å². The van der Waals surface area contributed by atoms with Gasteiger partial charge in [-0.3, -0.25) is 10.4 Å². The molecule has 27 heavy (non-hydrogen) atoms. The van der Waals surface area contributed by atoms with Gasteiger partial charge in [0.15, 0.2) is 5.01 Å². The fourth-order valence-corrected chi connectivity index (χ4v) is 4.13. The average molecular weight is 383 g/mol. The monoisotopic (exact) mass is 383 g/mol. The van der Waals surface area contributed by atoms with Crippen LogP contribution in [0.25, 0.3) is 10.6 Å². The third-order valence-corrected chi connectivity index (χ3v) is 5.65. The van der Waals surface area contributed by atoms with Crippen LogP contribution in [0.15, 0.2) is 30.5 Å². The van der Waals surface area contributed by atoms with Crippen LogP contribution in [0.4, 0.5) is 15.6 Å². The third kappa shape index (κ3) is 3.37. The molecule has 0 radical (unpaired) electrons. The highest BCUT2D eigenvalue weighted by molar-refractivity contribution is 7.18. The maximum atomic E-state index is 12.9. The van der Waals surface area contributed by atoms with Crippen LogP contribution in [0.1, 0.15) is 18.2 Å². The van der Waals surface area contributed by atoms with Crippen LogP contribution in [0.3, 0.4) is 0 Å². The van der Waals surface area contributed by atoms with Gasteiger partial charge in [0.1, 0.15) is 0 Å². The third-order valence-electron chi connectivity index (χ3n) is 4.77. The number of nitrogens with zero attached hydrogens (tertiary/aromatic N) is 5. The van der Waals surface area contributed by atoms with Gasteiger partial charge in [0.2, 0.25) is 5.13 Å². The number of rotatable bonds is 2. The fraction of sp³-hybridized carbons (Fsp3) is 0.333. The van der Waals surface area contributed by atoms with Gasteiger partial charge >= 0.3 is 6.03 Å². The van der Waals surface area contributed by atoms with Crippen LogP contribution in [-0.2, 0) is 6.54 Å². The summed E-state index contributed by atoms with van der Waals surface area (Å²) in [7, 11) is 2.06. The molecule has 0 saturated carbocycles. The van der Waals surface area contributed by atoms with Gasteiger partial charge < -0.3 is 9.80 Å². The number of carbonyl (C=O) groups is 1. The number of aromatic amines is 1. The molecule has 0 unspecified atom stereocenters. The highest BCUT2D eigenvalue weighted by Gasteiger charge is 2.27. The number of carbonyl (C=O) groups excluding carboxylic acids is 1. The number of urea groups is 1. The van der Waals surface area contributed by atoms with E-state index in [0.29, 0.717) is 11.7 Å². The number of para-hydroxylation sites is 1. The summed E-state index contributed by atoms with van der Waals surface area (Å²) in [4.78, 5) is 17.0. The van der Waals surface area contributed by atoms with Gasteiger partial charge in [0, 0.05) is 37.6 Å². The van der Waals surface area contributed by atoms with E-state index in [-0.39, 0.29) is 12.1 Å². The Kier molecular flexibility index (Phi) is 4.53. The molecule has 4 rings (SSSR count). The molecule has 9 heteroatoms. The van der Waals surface area contributed by atoms with E-state index in [2.05, 4.69) is 56.7 Å². The summed E-state index contributed by atoms with van der Waals surface area (Å²) in [6, 6.07) is 8.08. The molecular weight excluding hydrogens is 362 g/mol. The van der Waals surface area contributed by atoms with Crippen molar-refractivity contribution in [1.82, 2.24) is 25.3 Å². The molecule has 0 fully saturated rings. The van der Waals surface area contributed by atoms with Gasteiger partial charge in [-0.2, -0.15) is 5.10 Å². The minimum absolute atomic E-state index is 0.0610. The van der Waals surface area contributed by atoms with Gasteiger partial charge in [0.05, 0.1) is 11.8 Å². The zero-order valence-electron chi connectivity index (χ0n) is 15.4. The highest BCUT2D eigenvalue weighted by Crippen LogP contribution is 2.29.